The van der Waals surface area contributed by atoms with Crippen LogP contribution in [0.25, 0.3) is 0 Å². The van der Waals surface area contributed by atoms with E-state index in [1.54, 1.807) is 18.0 Å². The zero-order valence-corrected chi connectivity index (χ0v) is 14.9. The minimum Gasteiger partial charge on any atom is -0.373 e. The highest BCUT2D eigenvalue weighted by Gasteiger charge is 2.55. The van der Waals surface area contributed by atoms with Crippen molar-refractivity contribution in [2.75, 3.05) is 18.5 Å². The lowest BCUT2D eigenvalue weighted by Crippen LogP contribution is -2.69. The van der Waals surface area contributed by atoms with Crippen molar-refractivity contribution < 1.29 is 14.5 Å². The van der Waals surface area contributed by atoms with Crippen LogP contribution in [0.15, 0.2) is 18.2 Å². The van der Waals surface area contributed by atoms with E-state index in [4.69, 9.17) is 12.2 Å². The molecule has 1 atom stereocenters. The monoisotopic (exact) mass is 362 g/mol. The molecule has 132 valence electrons. The second kappa shape index (κ2) is 5.76. The number of nitrogens with zero attached hydrogens (tertiary/aromatic N) is 3. The molecule has 2 aliphatic heterocycles. The van der Waals surface area contributed by atoms with Crippen LogP contribution in [0, 0.1) is 15.5 Å². The maximum Gasteiger partial charge on any atom is 0.269 e. The van der Waals surface area contributed by atoms with Gasteiger partial charge in [0.2, 0.25) is 11.8 Å². The van der Waals surface area contributed by atoms with Gasteiger partial charge in [-0.1, -0.05) is 0 Å². The van der Waals surface area contributed by atoms with E-state index in [9.17, 15) is 19.7 Å². The molecule has 8 nitrogen and oxygen atoms in total. The highest BCUT2D eigenvalue weighted by atomic mass is 32.1. The molecule has 1 aromatic rings. The lowest BCUT2D eigenvalue weighted by Gasteiger charge is -2.47. The van der Waals surface area contributed by atoms with Crippen LogP contribution in [0.2, 0.25) is 0 Å². The maximum atomic E-state index is 13.2. The molecule has 1 saturated heterocycles. The number of nitrogens with one attached hydrogen (secondary N) is 1. The molecule has 2 amide bonds. The summed E-state index contributed by atoms with van der Waals surface area (Å²) in [5, 5.41) is 13.8. The first-order valence-corrected chi connectivity index (χ1v) is 8.26. The number of nitro benzene ring substituents is 1. The highest BCUT2D eigenvalue weighted by molar-refractivity contribution is 7.80. The van der Waals surface area contributed by atoms with E-state index in [2.05, 4.69) is 5.32 Å². The number of nitro groups is 1. The fourth-order valence-electron chi connectivity index (χ4n) is 3.53. The van der Waals surface area contributed by atoms with Crippen LogP contribution >= 0.6 is 12.2 Å². The molecule has 2 heterocycles. The van der Waals surface area contributed by atoms with Crippen molar-refractivity contribution in [2.24, 2.45) is 5.41 Å². The van der Waals surface area contributed by atoms with Gasteiger partial charge in [-0.05, 0) is 44.1 Å². The molecule has 25 heavy (non-hydrogen) atoms. The van der Waals surface area contributed by atoms with Crippen LogP contribution in [0.1, 0.15) is 19.4 Å². The number of benzene rings is 1. The Kier molecular flexibility index (Phi) is 3.98. The van der Waals surface area contributed by atoms with Gasteiger partial charge in [0.15, 0.2) is 5.11 Å². The van der Waals surface area contributed by atoms with E-state index >= 15 is 0 Å². The molecule has 0 aliphatic carbocycles. The third-order valence-corrected chi connectivity index (χ3v) is 5.00. The molecule has 0 bridgehead atoms. The summed E-state index contributed by atoms with van der Waals surface area (Å²) in [5.74, 6) is -0.816. The second-order valence-electron chi connectivity index (χ2n) is 6.71. The number of carbonyl (C=O) groups is 2. The van der Waals surface area contributed by atoms with E-state index in [1.807, 2.05) is 13.8 Å². The van der Waals surface area contributed by atoms with E-state index in [0.717, 1.165) is 5.69 Å². The maximum absolute atomic E-state index is 13.2. The lowest BCUT2D eigenvalue weighted by atomic mass is 9.74. The van der Waals surface area contributed by atoms with Crippen LogP contribution in [0.4, 0.5) is 11.4 Å². The van der Waals surface area contributed by atoms with Crippen molar-refractivity contribution in [1.29, 1.82) is 0 Å². The number of anilines is 1. The van der Waals surface area contributed by atoms with Crippen LogP contribution in [0.5, 0.6) is 0 Å². The Labute approximate surface area is 149 Å². The van der Waals surface area contributed by atoms with Crippen molar-refractivity contribution in [1.82, 2.24) is 10.2 Å². The predicted octanol–water partition coefficient (Wildman–Crippen LogP) is 1.23. The fraction of sp³-hybridized carbons (Fsp3) is 0.438. The normalized spacial score (nSPS) is 23.1. The third-order valence-electron chi connectivity index (χ3n) is 4.70. The first-order valence-electron chi connectivity index (χ1n) is 7.85. The highest BCUT2D eigenvalue weighted by Crippen LogP contribution is 2.40. The van der Waals surface area contributed by atoms with Gasteiger partial charge in [0.05, 0.1) is 4.92 Å². The molecule has 0 unspecified atom stereocenters. The average Bonchev–Trinajstić information content (AvgIpc) is 2.52. The van der Waals surface area contributed by atoms with Gasteiger partial charge in [-0.2, -0.15) is 0 Å². The summed E-state index contributed by atoms with van der Waals surface area (Å²) in [7, 11) is 1.76. The minimum absolute atomic E-state index is 0.0656. The van der Waals surface area contributed by atoms with Crippen LogP contribution < -0.4 is 10.2 Å². The molecule has 1 aromatic carbocycles. The van der Waals surface area contributed by atoms with Gasteiger partial charge >= 0.3 is 0 Å². The zero-order valence-electron chi connectivity index (χ0n) is 14.1. The first-order chi connectivity index (χ1) is 11.7. The molecule has 3 rings (SSSR count). The van der Waals surface area contributed by atoms with Gasteiger partial charge in [-0.25, -0.2) is 0 Å². The van der Waals surface area contributed by atoms with Crippen molar-refractivity contribution in [3.8, 4) is 0 Å². The average molecular weight is 362 g/mol. The largest absolute Gasteiger partial charge is 0.373 e. The summed E-state index contributed by atoms with van der Waals surface area (Å²) >= 11 is 5.14. The molecule has 0 radical (unpaired) electrons. The summed E-state index contributed by atoms with van der Waals surface area (Å²) in [4.78, 5) is 39.7. The molecule has 1 spiro atoms. The number of non-ortho nitro benzene ring substituents is 1. The number of fused-ring (bicyclic) bond motifs is 1. The van der Waals surface area contributed by atoms with E-state index in [1.165, 1.54) is 17.0 Å². The van der Waals surface area contributed by atoms with E-state index < -0.39 is 16.2 Å². The lowest BCUT2D eigenvalue weighted by molar-refractivity contribution is -0.384. The molecular weight excluding hydrogens is 344 g/mol. The second-order valence-corrected chi connectivity index (χ2v) is 7.10. The number of carbonyl (C=O) groups excluding carboxylic acids is 2. The van der Waals surface area contributed by atoms with E-state index in [0.29, 0.717) is 5.56 Å². The van der Waals surface area contributed by atoms with Crippen molar-refractivity contribution >= 4 is 40.5 Å². The van der Waals surface area contributed by atoms with Gasteiger partial charge in [0.25, 0.3) is 5.69 Å². The fourth-order valence-corrected chi connectivity index (χ4v) is 3.92. The molecular formula is C16H18N4O4S. The Hall–Kier alpha value is -2.55. The molecule has 2 aliphatic rings. The van der Waals surface area contributed by atoms with Gasteiger partial charge in [0, 0.05) is 37.5 Å². The van der Waals surface area contributed by atoms with Gasteiger partial charge in [0.1, 0.15) is 5.41 Å². The molecule has 9 heteroatoms. The van der Waals surface area contributed by atoms with Crippen LogP contribution in [-0.4, -0.2) is 46.4 Å². The van der Waals surface area contributed by atoms with Crippen molar-refractivity contribution in [2.45, 2.75) is 26.3 Å². The van der Waals surface area contributed by atoms with Gasteiger partial charge in [-0.15, -0.1) is 0 Å². The standard InChI is InChI=1S/C16H18N4O4S/c1-9(2)19-14(22)16(13(21)17-15(19)25)7-10-6-11(20(23)24)4-5-12(10)18(3)8-16/h4-6,9H,7-8H2,1-3H3,(H,17,21,25)/t16-/m0/s1. The van der Waals surface area contributed by atoms with Crippen LogP contribution in [0.3, 0.4) is 0 Å². The number of hydrogen-bond acceptors (Lipinski definition) is 6. The van der Waals surface area contributed by atoms with Crippen molar-refractivity contribution in [3.63, 3.8) is 0 Å². The van der Waals surface area contributed by atoms with Crippen LogP contribution in [-0.2, 0) is 16.0 Å². The summed E-state index contributed by atoms with van der Waals surface area (Å²) in [5.41, 5.74) is -0.0306. The Morgan fingerprint density at radius 1 is 1.36 bits per heavy atom. The number of amides is 2. The molecule has 1 N–H and O–H groups in total. The smallest absolute Gasteiger partial charge is 0.269 e. The quantitative estimate of drug-likeness (QED) is 0.368. The SMILES string of the molecule is CC(C)N1C(=O)[C@]2(Cc3cc([N+](=O)[O-])ccc3N(C)C2)C(=O)NC1=S. The first kappa shape index (κ1) is 17.3. The summed E-state index contributed by atoms with van der Waals surface area (Å²) in [6, 6.07) is 4.30. The Bertz CT molecular complexity index is 809. The Balaban J connectivity index is 2.09. The minimum atomic E-state index is -1.34. The number of thiocarbonyl (C=S) groups is 1. The molecule has 1 fully saturated rings. The molecule has 0 aromatic heterocycles. The van der Waals surface area contributed by atoms with Crippen molar-refractivity contribution in [3.05, 3.63) is 33.9 Å². The number of rotatable bonds is 2. The summed E-state index contributed by atoms with van der Waals surface area (Å²) < 4.78 is 0. The topological polar surface area (TPSA) is 95.8 Å². The predicted molar refractivity (Wildman–Crippen MR) is 95.2 cm³/mol. The molecule has 0 saturated carbocycles. The Morgan fingerprint density at radius 3 is 2.64 bits per heavy atom. The summed E-state index contributed by atoms with van der Waals surface area (Å²) in [6.45, 7) is 3.83. The third kappa shape index (κ3) is 2.55. The van der Waals surface area contributed by atoms with E-state index in [-0.39, 0.29) is 35.7 Å². The summed E-state index contributed by atoms with van der Waals surface area (Å²) in [6.07, 6.45) is 0.102. The Morgan fingerprint density at radius 2 is 2.04 bits per heavy atom. The zero-order chi connectivity index (χ0) is 18.5. The number of hydrogen-bond donors (Lipinski definition) is 1. The van der Waals surface area contributed by atoms with Gasteiger partial charge < -0.3 is 10.2 Å². The van der Waals surface area contributed by atoms with Gasteiger partial charge in [-0.3, -0.25) is 24.6 Å².